The number of carbonyl (C=O) groups is 1. The zero-order chi connectivity index (χ0) is 27.8. The van der Waals surface area contributed by atoms with E-state index >= 15 is 0 Å². The third-order valence-electron chi connectivity index (χ3n) is 7.03. The van der Waals surface area contributed by atoms with Crippen molar-refractivity contribution in [3.05, 3.63) is 88.1 Å². The third-order valence-corrected chi connectivity index (χ3v) is 7.32. The number of hydrogen-bond acceptors (Lipinski definition) is 6. The minimum Gasteiger partial charge on any atom is -0.507 e. The lowest BCUT2D eigenvalue weighted by molar-refractivity contribution is -0.126. The third kappa shape index (κ3) is 4.63. The summed E-state index contributed by atoms with van der Waals surface area (Å²) in [5.41, 5.74) is 1.01. The summed E-state index contributed by atoms with van der Waals surface area (Å²) in [6, 6.07) is 12.8. The van der Waals surface area contributed by atoms with Crippen molar-refractivity contribution in [3.63, 3.8) is 0 Å². The van der Waals surface area contributed by atoms with E-state index in [1.807, 2.05) is 36.9 Å². The quantitative estimate of drug-likeness (QED) is 0.363. The van der Waals surface area contributed by atoms with Gasteiger partial charge in [-0.25, -0.2) is 18.7 Å². The first-order valence-electron chi connectivity index (χ1n) is 12.6. The zero-order valence-corrected chi connectivity index (χ0v) is 22.3. The molecule has 5 rings (SSSR count). The molecule has 0 spiro atoms. The van der Waals surface area contributed by atoms with E-state index in [9.17, 15) is 19.1 Å². The molecule has 10 heteroatoms. The van der Waals surface area contributed by atoms with E-state index in [0.29, 0.717) is 42.9 Å². The number of phenols is 1. The maximum atomic E-state index is 14.9. The molecule has 1 aliphatic rings. The number of carbonyl (C=O) groups excluding carboxylic acids is 1. The first-order chi connectivity index (χ1) is 18.7. The average molecular weight is 548 g/mol. The minimum atomic E-state index is -0.697. The van der Waals surface area contributed by atoms with Gasteiger partial charge in [0, 0.05) is 25.7 Å². The van der Waals surface area contributed by atoms with E-state index < -0.39 is 11.5 Å². The number of para-hydroxylation sites is 1. The van der Waals surface area contributed by atoms with Crippen LogP contribution in [0.15, 0.2) is 66.0 Å². The fourth-order valence-electron chi connectivity index (χ4n) is 5.09. The molecule has 1 fully saturated rings. The first kappa shape index (κ1) is 26.4. The van der Waals surface area contributed by atoms with Crippen LogP contribution in [0, 0.1) is 5.82 Å². The fourth-order valence-corrected chi connectivity index (χ4v) is 5.34. The molecule has 1 aliphatic heterocycles. The standard InChI is InChI=1S/C29H27ClFN5O3/c1-4-18-9-6-7-11-22(18)36-28-19(15-20(30)26(32-28)25-21(31)10-8-12-23(25)37)27(33-29(36)39)35-14-13-34(16-17(35)3)24(38)5-2/h5-12,15,17,37H,2,4,13-14,16H2,1,3H3/t17-/m0/s1. The number of hydrogen-bond donors (Lipinski definition) is 1. The molecule has 4 aromatic rings. The fraction of sp³-hybridized carbons (Fsp3) is 0.241. The summed E-state index contributed by atoms with van der Waals surface area (Å²) < 4.78 is 16.3. The topological polar surface area (TPSA) is 91.6 Å². The molecule has 2 aromatic carbocycles. The van der Waals surface area contributed by atoms with Crippen LogP contribution in [-0.2, 0) is 11.2 Å². The van der Waals surface area contributed by atoms with Crippen LogP contribution in [0.5, 0.6) is 5.75 Å². The Bertz CT molecular complexity index is 1650. The predicted molar refractivity (Wildman–Crippen MR) is 150 cm³/mol. The van der Waals surface area contributed by atoms with Crippen LogP contribution in [0.1, 0.15) is 19.4 Å². The van der Waals surface area contributed by atoms with Gasteiger partial charge in [-0.15, -0.1) is 0 Å². The second-order valence-electron chi connectivity index (χ2n) is 9.39. The van der Waals surface area contributed by atoms with Gasteiger partial charge in [0.1, 0.15) is 17.4 Å². The van der Waals surface area contributed by atoms with Gasteiger partial charge < -0.3 is 14.9 Å². The maximum Gasteiger partial charge on any atom is 0.355 e. The van der Waals surface area contributed by atoms with Crippen molar-refractivity contribution in [2.75, 3.05) is 24.5 Å². The molecule has 39 heavy (non-hydrogen) atoms. The largest absolute Gasteiger partial charge is 0.507 e. The number of amides is 1. The van der Waals surface area contributed by atoms with E-state index in [0.717, 1.165) is 5.56 Å². The van der Waals surface area contributed by atoms with Gasteiger partial charge in [0.2, 0.25) is 5.91 Å². The smallest absolute Gasteiger partial charge is 0.355 e. The molecular formula is C29H27ClFN5O3. The van der Waals surface area contributed by atoms with Crippen LogP contribution in [0.2, 0.25) is 5.02 Å². The molecule has 8 nitrogen and oxygen atoms in total. The van der Waals surface area contributed by atoms with Crippen LogP contribution in [0.4, 0.5) is 10.2 Å². The SMILES string of the molecule is C=CC(=O)N1CCN(c2nc(=O)n(-c3ccccc3CC)c3nc(-c4c(O)cccc4F)c(Cl)cc23)[C@@H](C)C1. The Hall–Kier alpha value is -4.24. The molecule has 0 aliphatic carbocycles. The number of nitrogens with zero attached hydrogens (tertiary/aromatic N) is 5. The lowest BCUT2D eigenvalue weighted by atomic mass is 10.1. The van der Waals surface area contributed by atoms with Gasteiger partial charge in [0.25, 0.3) is 0 Å². The highest BCUT2D eigenvalue weighted by atomic mass is 35.5. The number of fused-ring (bicyclic) bond motifs is 1. The highest BCUT2D eigenvalue weighted by Gasteiger charge is 2.30. The molecule has 200 valence electrons. The summed E-state index contributed by atoms with van der Waals surface area (Å²) in [7, 11) is 0. The molecule has 0 radical (unpaired) electrons. The van der Waals surface area contributed by atoms with Crippen molar-refractivity contribution in [1.82, 2.24) is 19.4 Å². The lowest BCUT2D eigenvalue weighted by Gasteiger charge is -2.40. The van der Waals surface area contributed by atoms with Crippen molar-refractivity contribution < 1.29 is 14.3 Å². The predicted octanol–water partition coefficient (Wildman–Crippen LogP) is 4.73. The molecule has 0 bridgehead atoms. The van der Waals surface area contributed by atoms with Crippen molar-refractivity contribution in [2.45, 2.75) is 26.3 Å². The van der Waals surface area contributed by atoms with Crippen LogP contribution < -0.4 is 10.6 Å². The number of aromatic hydroxyl groups is 1. The van der Waals surface area contributed by atoms with Gasteiger partial charge in [-0.05, 0) is 49.2 Å². The van der Waals surface area contributed by atoms with Gasteiger partial charge in [-0.2, -0.15) is 4.98 Å². The lowest BCUT2D eigenvalue weighted by Crippen LogP contribution is -2.54. The summed E-state index contributed by atoms with van der Waals surface area (Å²) in [4.78, 5) is 38.7. The van der Waals surface area contributed by atoms with Gasteiger partial charge in [0.05, 0.1) is 27.4 Å². The Labute approximate surface area is 229 Å². The van der Waals surface area contributed by atoms with E-state index in [2.05, 4.69) is 11.6 Å². The van der Waals surface area contributed by atoms with Crippen molar-refractivity contribution in [1.29, 1.82) is 0 Å². The average Bonchev–Trinajstić information content (AvgIpc) is 2.92. The van der Waals surface area contributed by atoms with E-state index in [1.54, 1.807) is 17.0 Å². The Morgan fingerprint density at radius 2 is 1.97 bits per heavy atom. The number of aromatic nitrogens is 3. The number of rotatable bonds is 5. The normalized spacial score (nSPS) is 15.5. The number of pyridine rings is 1. The number of aryl methyl sites for hydroxylation is 1. The Balaban J connectivity index is 1.79. The highest BCUT2D eigenvalue weighted by Crippen LogP contribution is 2.38. The molecule has 1 N–H and O–H groups in total. The molecule has 2 aromatic heterocycles. The molecule has 0 saturated carbocycles. The summed E-state index contributed by atoms with van der Waals surface area (Å²) in [6.45, 7) is 8.74. The monoisotopic (exact) mass is 547 g/mol. The number of anilines is 1. The molecule has 1 atom stereocenters. The molecule has 1 saturated heterocycles. The van der Waals surface area contributed by atoms with Crippen molar-refractivity contribution in [3.8, 4) is 22.7 Å². The van der Waals surface area contributed by atoms with Crippen LogP contribution in [-0.4, -0.2) is 56.1 Å². The summed E-state index contributed by atoms with van der Waals surface area (Å²) in [5.74, 6) is -0.808. The van der Waals surface area contributed by atoms with Crippen molar-refractivity contribution >= 4 is 34.4 Å². The summed E-state index contributed by atoms with van der Waals surface area (Å²) in [5, 5.41) is 11.1. The zero-order valence-electron chi connectivity index (χ0n) is 21.6. The minimum absolute atomic E-state index is 0.00786. The first-order valence-corrected chi connectivity index (χ1v) is 13.0. The van der Waals surface area contributed by atoms with Crippen LogP contribution in [0.3, 0.4) is 0 Å². The Morgan fingerprint density at radius 3 is 2.67 bits per heavy atom. The van der Waals surface area contributed by atoms with Crippen LogP contribution >= 0.6 is 11.6 Å². The van der Waals surface area contributed by atoms with Gasteiger partial charge in [-0.3, -0.25) is 4.79 Å². The van der Waals surface area contributed by atoms with Gasteiger partial charge in [-0.1, -0.05) is 49.4 Å². The Kier molecular flexibility index (Phi) is 7.10. The van der Waals surface area contributed by atoms with Crippen LogP contribution in [0.25, 0.3) is 28.0 Å². The molecule has 3 heterocycles. The number of halogens is 2. The van der Waals surface area contributed by atoms with E-state index in [1.165, 1.54) is 28.8 Å². The Morgan fingerprint density at radius 1 is 1.21 bits per heavy atom. The van der Waals surface area contributed by atoms with E-state index in [4.69, 9.17) is 16.6 Å². The van der Waals surface area contributed by atoms with Gasteiger partial charge >= 0.3 is 5.69 Å². The second-order valence-corrected chi connectivity index (χ2v) is 9.80. The van der Waals surface area contributed by atoms with Crippen molar-refractivity contribution in [2.24, 2.45) is 0 Å². The number of benzene rings is 2. The number of piperazine rings is 1. The second kappa shape index (κ2) is 10.5. The molecular weight excluding hydrogens is 521 g/mol. The molecule has 1 amide bonds. The number of phenolic OH excluding ortho intramolecular Hbond substituents is 1. The maximum absolute atomic E-state index is 14.9. The molecule has 0 unspecified atom stereocenters. The van der Waals surface area contributed by atoms with E-state index in [-0.39, 0.29) is 39.6 Å². The van der Waals surface area contributed by atoms with Gasteiger partial charge in [0.15, 0.2) is 5.65 Å². The highest BCUT2D eigenvalue weighted by molar-refractivity contribution is 6.34. The summed E-state index contributed by atoms with van der Waals surface area (Å²) in [6.07, 6.45) is 1.93. The summed E-state index contributed by atoms with van der Waals surface area (Å²) >= 11 is 6.67.